The minimum Gasteiger partial charge on any atom is -0.391 e. The maximum absolute atomic E-state index is 9.57. The number of aromatic nitrogens is 2. The van der Waals surface area contributed by atoms with Crippen LogP contribution in [0.3, 0.4) is 0 Å². The van der Waals surface area contributed by atoms with Crippen LogP contribution in [0, 0.1) is 0 Å². The van der Waals surface area contributed by atoms with Crippen LogP contribution in [-0.4, -0.2) is 34.3 Å². The van der Waals surface area contributed by atoms with Crippen LogP contribution in [0.2, 0.25) is 0 Å². The van der Waals surface area contributed by atoms with Gasteiger partial charge in [0.25, 0.3) is 0 Å². The summed E-state index contributed by atoms with van der Waals surface area (Å²) < 4.78 is 0.708. The standard InChI is InChI=1S/C9H13BrN4O/c10-7-8(11)12-5-13-9(7)14-3-1-2-6(15)4-14/h5-6,15H,1-4H2,(H2,11,12,13). The molecule has 1 atom stereocenters. The average molecular weight is 273 g/mol. The summed E-state index contributed by atoms with van der Waals surface area (Å²) in [6.45, 7) is 1.50. The van der Waals surface area contributed by atoms with Crippen LogP contribution in [0.4, 0.5) is 11.6 Å². The smallest absolute Gasteiger partial charge is 0.148 e. The second kappa shape index (κ2) is 4.32. The van der Waals surface area contributed by atoms with E-state index in [0.29, 0.717) is 16.8 Å². The molecule has 5 nitrogen and oxygen atoms in total. The van der Waals surface area contributed by atoms with Crippen molar-refractivity contribution in [3.63, 3.8) is 0 Å². The van der Waals surface area contributed by atoms with Crippen molar-refractivity contribution in [2.75, 3.05) is 23.7 Å². The van der Waals surface area contributed by atoms with E-state index in [1.807, 2.05) is 4.90 Å². The molecule has 0 aliphatic carbocycles. The molecular weight excluding hydrogens is 260 g/mol. The third-order valence-electron chi connectivity index (χ3n) is 2.49. The zero-order valence-electron chi connectivity index (χ0n) is 8.23. The number of halogens is 1. The Hall–Kier alpha value is -0.880. The van der Waals surface area contributed by atoms with Crippen molar-refractivity contribution >= 4 is 27.6 Å². The first-order valence-corrected chi connectivity index (χ1v) is 5.67. The number of β-amino-alcohol motifs (C(OH)–C–C–N with tert-alkyl or cyclic N) is 1. The number of piperidine rings is 1. The summed E-state index contributed by atoms with van der Waals surface area (Å²) in [5.74, 6) is 1.20. The fraction of sp³-hybridized carbons (Fsp3) is 0.556. The second-order valence-electron chi connectivity index (χ2n) is 3.64. The lowest BCUT2D eigenvalue weighted by atomic mass is 10.1. The van der Waals surface area contributed by atoms with Crippen molar-refractivity contribution in [1.29, 1.82) is 0 Å². The highest BCUT2D eigenvalue weighted by atomic mass is 79.9. The van der Waals surface area contributed by atoms with E-state index in [1.54, 1.807) is 0 Å². The Kier molecular flexibility index (Phi) is 3.06. The molecule has 15 heavy (non-hydrogen) atoms. The van der Waals surface area contributed by atoms with Gasteiger partial charge in [-0.2, -0.15) is 0 Å². The van der Waals surface area contributed by atoms with Gasteiger partial charge in [0.15, 0.2) is 0 Å². The van der Waals surface area contributed by atoms with E-state index < -0.39 is 0 Å². The van der Waals surface area contributed by atoms with E-state index in [-0.39, 0.29) is 6.10 Å². The Morgan fingerprint density at radius 1 is 1.53 bits per heavy atom. The van der Waals surface area contributed by atoms with Gasteiger partial charge in [0.1, 0.15) is 22.4 Å². The summed E-state index contributed by atoms with van der Waals surface area (Å²) in [5.41, 5.74) is 5.67. The molecule has 1 fully saturated rings. The zero-order chi connectivity index (χ0) is 10.8. The van der Waals surface area contributed by atoms with Crippen LogP contribution in [0.25, 0.3) is 0 Å². The van der Waals surface area contributed by atoms with Crippen LogP contribution in [0.15, 0.2) is 10.8 Å². The molecule has 1 aliphatic heterocycles. The van der Waals surface area contributed by atoms with Crippen molar-refractivity contribution in [3.8, 4) is 0 Å². The molecule has 0 radical (unpaired) electrons. The average Bonchev–Trinajstić information content (AvgIpc) is 2.22. The topological polar surface area (TPSA) is 75.3 Å². The van der Waals surface area contributed by atoms with E-state index in [9.17, 15) is 5.11 Å². The van der Waals surface area contributed by atoms with Crippen LogP contribution >= 0.6 is 15.9 Å². The number of anilines is 2. The minimum atomic E-state index is -0.276. The van der Waals surface area contributed by atoms with Crippen LogP contribution in [0.5, 0.6) is 0 Å². The number of nitrogens with two attached hydrogens (primary N) is 1. The number of aliphatic hydroxyl groups excluding tert-OH is 1. The first kappa shape index (κ1) is 10.6. The van der Waals surface area contributed by atoms with Gasteiger partial charge in [-0.3, -0.25) is 0 Å². The number of aliphatic hydroxyl groups is 1. The number of hydrogen-bond donors (Lipinski definition) is 2. The lowest BCUT2D eigenvalue weighted by Crippen LogP contribution is -2.39. The first-order chi connectivity index (χ1) is 7.18. The predicted octanol–water partition coefficient (Wildman–Crippen LogP) is 0.782. The molecule has 3 N–H and O–H groups in total. The van der Waals surface area contributed by atoms with Gasteiger partial charge in [-0.15, -0.1) is 0 Å². The Balaban J connectivity index is 2.24. The Morgan fingerprint density at radius 2 is 2.33 bits per heavy atom. The molecule has 1 saturated heterocycles. The number of hydrogen-bond acceptors (Lipinski definition) is 5. The maximum atomic E-state index is 9.57. The van der Waals surface area contributed by atoms with Gasteiger partial charge in [-0.1, -0.05) is 0 Å². The molecule has 2 rings (SSSR count). The largest absolute Gasteiger partial charge is 0.391 e. The molecule has 6 heteroatoms. The van der Waals surface area contributed by atoms with E-state index in [0.717, 1.165) is 25.2 Å². The monoisotopic (exact) mass is 272 g/mol. The lowest BCUT2D eigenvalue weighted by Gasteiger charge is -2.31. The van der Waals surface area contributed by atoms with E-state index in [2.05, 4.69) is 25.9 Å². The molecule has 1 aromatic rings. The molecule has 0 aromatic carbocycles. The minimum absolute atomic E-state index is 0.276. The summed E-state index contributed by atoms with van der Waals surface area (Å²) in [6.07, 6.45) is 2.99. The normalized spacial score (nSPS) is 21.7. The van der Waals surface area contributed by atoms with E-state index in [1.165, 1.54) is 6.33 Å². The van der Waals surface area contributed by atoms with Gasteiger partial charge in [-0.05, 0) is 28.8 Å². The van der Waals surface area contributed by atoms with Crippen molar-refractivity contribution in [3.05, 3.63) is 10.8 Å². The fourth-order valence-corrected chi connectivity index (χ4v) is 2.20. The van der Waals surface area contributed by atoms with Crippen LogP contribution < -0.4 is 10.6 Å². The molecule has 0 saturated carbocycles. The summed E-state index contributed by atoms with van der Waals surface area (Å²) in [5, 5.41) is 9.57. The van der Waals surface area contributed by atoms with Crippen molar-refractivity contribution in [2.24, 2.45) is 0 Å². The summed E-state index contributed by atoms with van der Waals surface area (Å²) in [4.78, 5) is 10.1. The van der Waals surface area contributed by atoms with Gasteiger partial charge in [-0.25, -0.2) is 9.97 Å². The predicted molar refractivity (Wildman–Crippen MR) is 61.6 cm³/mol. The van der Waals surface area contributed by atoms with Gasteiger partial charge in [0.2, 0.25) is 0 Å². The molecule has 0 spiro atoms. The molecule has 1 unspecified atom stereocenters. The SMILES string of the molecule is Nc1ncnc(N2CCCC(O)C2)c1Br. The maximum Gasteiger partial charge on any atom is 0.148 e. The van der Waals surface area contributed by atoms with Crippen molar-refractivity contribution in [2.45, 2.75) is 18.9 Å². The Bertz CT molecular complexity index is 360. The van der Waals surface area contributed by atoms with Gasteiger partial charge in [0.05, 0.1) is 6.10 Å². The molecule has 2 heterocycles. The van der Waals surface area contributed by atoms with Gasteiger partial charge < -0.3 is 15.7 Å². The fourth-order valence-electron chi connectivity index (χ4n) is 1.74. The Morgan fingerprint density at radius 3 is 3.07 bits per heavy atom. The summed E-state index contributed by atoms with van der Waals surface area (Å²) in [7, 11) is 0. The third-order valence-corrected chi connectivity index (χ3v) is 3.25. The molecule has 1 aliphatic rings. The second-order valence-corrected chi connectivity index (χ2v) is 4.43. The Labute approximate surface area is 96.5 Å². The number of nitrogens with zero attached hydrogens (tertiary/aromatic N) is 3. The highest BCUT2D eigenvalue weighted by Gasteiger charge is 2.21. The molecule has 0 bridgehead atoms. The number of rotatable bonds is 1. The van der Waals surface area contributed by atoms with Crippen molar-refractivity contribution < 1.29 is 5.11 Å². The van der Waals surface area contributed by atoms with Crippen molar-refractivity contribution in [1.82, 2.24) is 9.97 Å². The molecule has 0 amide bonds. The van der Waals surface area contributed by atoms with Crippen LogP contribution in [-0.2, 0) is 0 Å². The van der Waals surface area contributed by atoms with Crippen LogP contribution in [0.1, 0.15) is 12.8 Å². The van der Waals surface area contributed by atoms with E-state index >= 15 is 0 Å². The van der Waals surface area contributed by atoms with Gasteiger partial charge in [0, 0.05) is 13.1 Å². The summed E-state index contributed by atoms with van der Waals surface area (Å²) in [6, 6.07) is 0. The molecular formula is C9H13BrN4O. The highest BCUT2D eigenvalue weighted by molar-refractivity contribution is 9.10. The summed E-state index contributed by atoms with van der Waals surface area (Å²) >= 11 is 3.36. The van der Waals surface area contributed by atoms with E-state index in [4.69, 9.17) is 5.73 Å². The first-order valence-electron chi connectivity index (χ1n) is 4.87. The number of nitrogen functional groups attached to an aromatic ring is 1. The quantitative estimate of drug-likeness (QED) is 0.791. The zero-order valence-corrected chi connectivity index (χ0v) is 9.81. The molecule has 1 aromatic heterocycles. The third kappa shape index (κ3) is 2.21. The van der Waals surface area contributed by atoms with Gasteiger partial charge >= 0.3 is 0 Å². The molecule has 82 valence electrons. The lowest BCUT2D eigenvalue weighted by molar-refractivity contribution is 0.154. The highest BCUT2D eigenvalue weighted by Crippen LogP contribution is 2.29.